The van der Waals surface area contributed by atoms with Gasteiger partial charge in [0.15, 0.2) is 5.78 Å². The molecule has 0 aliphatic rings. The van der Waals surface area contributed by atoms with Crippen LogP contribution < -0.4 is 5.32 Å². The second kappa shape index (κ2) is 5.71. The van der Waals surface area contributed by atoms with Gasteiger partial charge in [0, 0.05) is 24.5 Å². The fraction of sp³-hybridized carbons (Fsp3) is 0.364. The first-order chi connectivity index (χ1) is 7.63. The van der Waals surface area contributed by atoms with Crippen molar-refractivity contribution in [1.82, 2.24) is 9.88 Å². The largest absolute Gasteiger partial charge is 0.354 e. The quantitative estimate of drug-likeness (QED) is 0.585. The Morgan fingerprint density at radius 3 is 2.88 bits per heavy atom. The summed E-state index contributed by atoms with van der Waals surface area (Å²) in [5, 5.41) is 10.9. The Morgan fingerprint density at radius 2 is 2.31 bits per heavy atom. The van der Waals surface area contributed by atoms with Crippen molar-refractivity contribution in [1.29, 1.82) is 5.26 Å². The summed E-state index contributed by atoms with van der Waals surface area (Å²) in [6.45, 7) is 2.00. The zero-order chi connectivity index (χ0) is 12.0. The molecule has 1 rings (SSSR count). The molecule has 0 atom stereocenters. The summed E-state index contributed by atoms with van der Waals surface area (Å²) in [5.41, 5.74) is 0.588. The molecule has 0 aromatic carbocycles. The fourth-order valence-corrected chi connectivity index (χ4v) is 1.23. The maximum absolute atomic E-state index is 11.3. The number of hydrogen-bond donors (Lipinski definition) is 1. The second-order valence-corrected chi connectivity index (χ2v) is 3.39. The number of carbonyl (C=O) groups is 2. The van der Waals surface area contributed by atoms with Crippen molar-refractivity contribution < 1.29 is 9.59 Å². The Balaban J connectivity index is 2.44. The summed E-state index contributed by atoms with van der Waals surface area (Å²) in [7, 11) is 0. The first-order valence-corrected chi connectivity index (χ1v) is 4.94. The van der Waals surface area contributed by atoms with E-state index >= 15 is 0 Å². The van der Waals surface area contributed by atoms with Gasteiger partial charge in [0.1, 0.15) is 6.54 Å². The molecule has 0 spiro atoms. The molecule has 1 amide bonds. The Bertz CT molecular complexity index is 429. The van der Waals surface area contributed by atoms with E-state index in [1.165, 1.54) is 6.92 Å². The van der Waals surface area contributed by atoms with Gasteiger partial charge in [-0.1, -0.05) is 0 Å². The van der Waals surface area contributed by atoms with Crippen LogP contribution in [-0.4, -0.2) is 22.8 Å². The molecule has 0 aliphatic heterocycles. The van der Waals surface area contributed by atoms with E-state index in [1.54, 1.807) is 23.0 Å². The Hall–Kier alpha value is -2.09. The van der Waals surface area contributed by atoms with E-state index in [0.717, 1.165) is 0 Å². The van der Waals surface area contributed by atoms with Crippen molar-refractivity contribution in [2.45, 2.75) is 19.9 Å². The summed E-state index contributed by atoms with van der Waals surface area (Å²) in [6, 6.07) is 3.61. The van der Waals surface area contributed by atoms with Gasteiger partial charge < -0.3 is 9.88 Å². The number of aromatic nitrogens is 1. The lowest BCUT2D eigenvalue weighted by Gasteiger charge is -2.03. The molecule has 0 unspecified atom stereocenters. The number of hydrogen-bond acceptors (Lipinski definition) is 3. The van der Waals surface area contributed by atoms with Gasteiger partial charge in [0.05, 0.1) is 12.5 Å². The highest BCUT2D eigenvalue weighted by molar-refractivity contribution is 5.93. The Morgan fingerprint density at radius 1 is 1.56 bits per heavy atom. The minimum Gasteiger partial charge on any atom is -0.354 e. The average Bonchev–Trinajstić information content (AvgIpc) is 2.66. The second-order valence-electron chi connectivity index (χ2n) is 3.39. The number of nitrogens with zero attached hydrogens (tertiary/aromatic N) is 2. The van der Waals surface area contributed by atoms with Crippen molar-refractivity contribution in [3.63, 3.8) is 0 Å². The average molecular weight is 219 g/mol. The minimum absolute atomic E-state index is 0.0244. The molecule has 1 aromatic rings. The molecule has 0 saturated carbocycles. The van der Waals surface area contributed by atoms with E-state index in [1.807, 2.05) is 6.07 Å². The van der Waals surface area contributed by atoms with Gasteiger partial charge in [0.25, 0.3) is 0 Å². The van der Waals surface area contributed by atoms with Gasteiger partial charge in [-0.15, -0.1) is 0 Å². The van der Waals surface area contributed by atoms with Gasteiger partial charge in [0.2, 0.25) is 5.91 Å². The Kier molecular flexibility index (Phi) is 4.28. The van der Waals surface area contributed by atoms with Crippen molar-refractivity contribution in [3.8, 4) is 6.07 Å². The lowest BCUT2D eigenvalue weighted by atomic mass is 10.2. The number of rotatable bonds is 5. The third kappa shape index (κ3) is 3.58. The molecule has 1 aromatic heterocycles. The minimum atomic E-state index is -0.166. The standard InChI is InChI=1S/C11H13N3O2/c1-9(15)10-3-6-14(7-10)8-11(16)13-5-2-4-12/h3,6-7H,2,5,8H2,1H3,(H,13,16). The maximum Gasteiger partial charge on any atom is 0.239 e. The van der Waals surface area contributed by atoms with Crippen molar-refractivity contribution >= 4 is 11.7 Å². The van der Waals surface area contributed by atoms with E-state index in [0.29, 0.717) is 18.5 Å². The molecule has 0 fully saturated rings. The zero-order valence-electron chi connectivity index (χ0n) is 9.06. The lowest BCUT2D eigenvalue weighted by Crippen LogP contribution is -2.27. The molecule has 84 valence electrons. The first kappa shape index (κ1) is 12.0. The van der Waals surface area contributed by atoms with Crippen LogP contribution in [-0.2, 0) is 11.3 Å². The van der Waals surface area contributed by atoms with Crippen LogP contribution in [0.15, 0.2) is 18.5 Å². The summed E-state index contributed by atoms with van der Waals surface area (Å²) in [5.74, 6) is -0.190. The zero-order valence-corrected chi connectivity index (χ0v) is 9.06. The molecule has 0 saturated heterocycles. The highest BCUT2D eigenvalue weighted by Gasteiger charge is 2.04. The van der Waals surface area contributed by atoms with Gasteiger partial charge >= 0.3 is 0 Å². The molecular weight excluding hydrogens is 206 g/mol. The number of nitrogens with one attached hydrogen (secondary N) is 1. The van der Waals surface area contributed by atoms with E-state index in [2.05, 4.69) is 5.32 Å². The predicted octanol–water partition coefficient (Wildman–Crippen LogP) is 0.721. The van der Waals surface area contributed by atoms with Crippen LogP contribution in [0.25, 0.3) is 0 Å². The normalized spacial score (nSPS) is 9.50. The molecule has 0 radical (unpaired) electrons. The van der Waals surface area contributed by atoms with Crippen LogP contribution in [0.5, 0.6) is 0 Å². The number of ketones is 1. The highest BCUT2D eigenvalue weighted by atomic mass is 16.2. The van der Waals surface area contributed by atoms with Crippen LogP contribution in [0.4, 0.5) is 0 Å². The van der Waals surface area contributed by atoms with Crippen LogP contribution in [0.2, 0.25) is 0 Å². The predicted molar refractivity (Wildman–Crippen MR) is 57.7 cm³/mol. The molecule has 1 heterocycles. The lowest BCUT2D eigenvalue weighted by molar-refractivity contribution is -0.121. The fourth-order valence-electron chi connectivity index (χ4n) is 1.23. The summed E-state index contributed by atoms with van der Waals surface area (Å²) < 4.78 is 1.64. The third-order valence-electron chi connectivity index (χ3n) is 2.04. The topological polar surface area (TPSA) is 74.9 Å². The van der Waals surface area contributed by atoms with E-state index in [-0.39, 0.29) is 18.2 Å². The van der Waals surface area contributed by atoms with Crippen molar-refractivity contribution in [2.75, 3.05) is 6.54 Å². The smallest absolute Gasteiger partial charge is 0.239 e. The monoisotopic (exact) mass is 219 g/mol. The molecule has 0 aliphatic carbocycles. The first-order valence-electron chi connectivity index (χ1n) is 4.94. The molecule has 16 heavy (non-hydrogen) atoms. The summed E-state index contributed by atoms with van der Waals surface area (Å²) >= 11 is 0. The van der Waals surface area contributed by atoms with Crippen LogP contribution in [0.1, 0.15) is 23.7 Å². The van der Waals surface area contributed by atoms with E-state index < -0.39 is 0 Å². The molecule has 5 heteroatoms. The van der Waals surface area contributed by atoms with Crippen molar-refractivity contribution in [2.24, 2.45) is 0 Å². The SMILES string of the molecule is CC(=O)c1ccn(CC(=O)NCCC#N)c1. The van der Waals surface area contributed by atoms with Crippen molar-refractivity contribution in [3.05, 3.63) is 24.0 Å². The van der Waals surface area contributed by atoms with Gasteiger partial charge in [-0.25, -0.2) is 0 Å². The molecule has 5 nitrogen and oxygen atoms in total. The number of carbonyl (C=O) groups excluding carboxylic acids is 2. The molecule has 1 N–H and O–H groups in total. The summed E-state index contributed by atoms with van der Waals surface area (Å²) in [6.07, 6.45) is 3.61. The van der Waals surface area contributed by atoms with E-state index in [4.69, 9.17) is 5.26 Å². The number of amides is 1. The maximum atomic E-state index is 11.3. The van der Waals surface area contributed by atoms with Crippen LogP contribution in [0.3, 0.4) is 0 Å². The highest BCUT2D eigenvalue weighted by Crippen LogP contribution is 2.01. The summed E-state index contributed by atoms with van der Waals surface area (Å²) in [4.78, 5) is 22.3. The molecular formula is C11H13N3O2. The van der Waals surface area contributed by atoms with Gasteiger partial charge in [-0.05, 0) is 13.0 Å². The van der Waals surface area contributed by atoms with Gasteiger partial charge in [-0.3, -0.25) is 9.59 Å². The molecule has 0 bridgehead atoms. The number of nitriles is 1. The van der Waals surface area contributed by atoms with Gasteiger partial charge in [-0.2, -0.15) is 5.26 Å². The third-order valence-corrected chi connectivity index (χ3v) is 2.04. The number of Topliss-reactive ketones (excluding diaryl/α,β-unsaturated/α-hetero) is 1. The van der Waals surface area contributed by atoms with E-state index in [9.17, 15) is 9.59 Å². The van der Waals surface area contributed by atoms with Crippen LogP contribution in [0, 0.1) is 11.3 Å². The Labute approximate surface area is 93.7 Å². The van der Waals surface area contributed by atoms with Crippen LogP contribution >= 0.6 is 0 Å².